The summed E-state index contributed by atoms with van der Waals surface area (Å²) in [6.45, 7) is 2.16. The SMILES string of the molecule is CCCC(N)Cc1nc2ccc(OC)cc2s1. The number of benzene rings is 1. The van der Waals surface area contributed by atoms with Crippen LogP contribution in [0.1, 0.15) is 24.8 Å². The molecule has 0 spiro atoms. The first-order valence-electron chi connectivity index (χ1n) is 5.92. The van der Waals surface area contributed by atoms with Gasteiger partial charge in [-0.3, -0.25) is 0 Å². The van der Waals surface area contributed by atoms with Gasteiger partial charge >= 0.3 is 0 Å². The maximum atomic E-state index is 6.04. The maximum absolute atomic E-state index is 6.04. The zero-order valence-corrected chi connectivity index (χ0v) is 11.1. The molecule has 0 radical (unpaired) electrons. The molecule has 1 unspecified atom stereocenters. The molecule has 0 bridgehead atoms. The number of hydrogen-bond acceptors (Lipinski definition) is 4. The summed E-state index contributed by atoms with van der Waals surface area (Å²) in [5.74, 6) is 0.880. The molecule has 0 saturated heterocycles. The van der Waals surface area contributed by atoms with Crippen molar-refractivity contribution in [1.82, 2.24) is 4.98 Å². The first kappa shape index (κ1) is 12.3. The van der Waals surface area contributed by atoms with Crippen LogP contribution in [-0.2, 0) is 6.42 Å². The molecule has 0 amide bonds. The zero-order chi connectivity index (χ0) is 12.3. The van der Waals surface area contributed by atoms with E-state index in [9.17, 15) is 0 Å². The zero-order valence-electron chi connectivity index (χ0n) is 10.3. The number of rotatable bonds is 5. The molecule has 92 valence electrons. The van der Waals surface area contributed by atoms with Gasteiger partial charge in [0.15, 0.2) is 0 Å². The molecule has 1 aromatic carbocycles. The van der Waals surface area contributed by atoms with Gasteiger partial charge in [0.2, 0.25) is 0 Å². The van der Waals surface area contributed by atoms with Crippen LogP contribution >= 0.6 is 11.3 Å². The van der Waals surface area contributed by atoms with E-state index in [0.717, 1.165) is 35.5 Å². The Morgan fingerprint density at radius 2 is 2.29 bits per heavy atom. The van der Waals surface area contributed by atoms with Crippen LogP contribution in [0.15, 0.2) is 18.2 Å². The van der Waals surface area contributed by atoms with Crippen LogP contribution in [0.2, 0.25) is 0 Å². The summed E-state index contributed by atoms with van der Waals surface area (Å²) in [5.41, 5.74) is 7.07. The number of nitrogens with zero attached hydrogens (tertiary/aromatic N) is 1. The Kier molecular flexibility index (Phi) is 3.97. The second-order valence-corrected chi connectivity index (χ2v) is 5.31. The van der Waals surface area contributed by atoms with Gasteiger partial charge in [-0.1, -0.05) is 13.3 Å². The van der Waals surface area contributed by atoms with E-state index in [1.807, 2.05) is 18.2 Å². The predicted octanol–water partition coefficient (Wildman–Crippen LogP) is 2.97. The molecule has 3 nitrogen and oxygen atoms in total. The Morgan fingerprint density at radius 1 is 1.47 bits per heavy atom. The summed E-state index contributed by atoms with van der Waals surface area (Å²) in [6.07, 6.45) is 3.05. The van der Waals surface area contributed by atoms with Gasteiger partial charge in [0.25, 0.3) is 0 Å². The fraction of sp³-hybridized carbons (Fsp3) is 0.462. The van der Waals surface area contributed by atoms with Crippen LogP contribution in [0.5, 0.6) is 5.75 Å². The van der Waals surface area contributed by atoms with Crippen molar-refractivity contribution in [2.45, 2.75) is 32.2 Å². The summed E-state index contributed by atoms with van der Waals surface area (Å²) in [4.78, 5) is 4.59. The van der Waals surface area contributed by atoms with Crippen LogP contribution in [0.4, 0.5) is 0 Å². The first-order chi connectivity index (χ1) is 8.22. The summed E-state index contributed by atoms with van der Waals surface area (Å²) >= 11 is 1.71. The molecule has 1 atom stereocenters. The lowest BCUT2D eigenvalue weighted by molar-refractivity contribution is 0.415. The van der Waals surface area contributed by atoms with Gasteiger partial charge < -0.3 is 10.5 Å². The molecule has 1 aromatic heterocycles. The number of methoxy groups -OCH3 is 1. The van der Waals surface area contributed by atoms with Gasteiger partial charge in [0, 0.05) is 12.5 Å². The Morgan fingerprint density at radius 3 is 3.00 bits per heavy atom. The molecule has 4 heteroatoms. The smallest absolute Gasteiger partial charge is 0.120 e. The fourth-order valence-electron chi connectivity index (χ4n) is 1.86. The van der Waals surface area contributed by atoms with Gasteiger partial charge in [-0.15, -0.1) is 11.3 Å². The minimum absolute atomic E-state index is 0.224. The highest BCUT2D eigenvalue weighted by Gasteiger charge is 2.09. The monoisotopic (exact) mass is 250 g/mol. The van der Waals surface area contributed by atoms with E-state index in [4.69, 9.17) is 10.5 Å². The number of hydrogen-bond donors (Lipinski definition) is 1. The van der Waals surface area contributed by atoms with Gasteiger partial charge in [0.05, 0.1) is 22.3 Å². The van der Waals surface area contributed by atoms with Crippen molar-refractivity contribution in [2.24, 2.45) is 5.73 Å². The van der Waals surface area contributed by atoms with E-state index in [2.05, 4.69) is 11.9 Å². The lowest BCUT2D eigenvalue weighted by atomic mass is 10.1. The topological polar surface area (TPSA) is 48.1 Å². The lowest BCUT2D eigenvalue weighted by Crippen LogP contribution is -2.22. The number of thiazole rings is 1. The van der Waals surface area contributed by atoms with Crippen LogP contribution in [-0.4, -0.2) is 18.1 Å². The first-order valence-corrected chi connectivity index (χ1v) is 6.73. The number of fused-ring (bicyclic) bond motifs is 1. The predicted molar refractivity (Wildman–Crippen MR) is 72.8 cm³/mol. The summed E-state index contributed by atoms with van der Waals surface area (Å²) in [6, 6.07) is 6.20. The maximum Gasteiger partial charge on any atom is 0.120 e. The van der Waals surface area contributed by atoms with E-state index in [1.165, 1.54) is 4.70 Å². The highest BCUT2D eigenvalue weighted by molar-refractivity contribution is 7.18. The Hall–Kier alpha value is -1.13. The lowest BCUT2D eigenvalue weighted by Gasteiger charge is -2.06. The van der Waals surface area contributed by atoms with Gasteiger partial charge in [-0.25, -0.2) is 4.98 Å². The molecule has 0 aliphatic rings. The van der Waals surface area contributed by atoms with Crippen molar-refractivity contribution < 1.29 is 4.74 Å². The molecule has 2 rings (SSSR count). The van der Waals surface area contributed by atoms with Crippen LogP contribution in [0, 0.1) is 0 Å². The summed E-state index contributed by atoms with van der Waals surface area (Å²) in [5, 5.41) is 1.12. The van der Waals surface area contributed by atoms with Gasteiger partial charge in [0.1, 0.15) is 5.75 Å². The molecule has 0 saturated carbocycles. The Labute approximate surface area is 106 Å². The molecule has 1 heterocycles. The van der Waals surface area contributed by atoms with E-state index in [0.29, 0.717) is 0 Å². The normalized spacial score (nSPS) is 12.9. The summed E-state index contributed by atoms with van der Waals surface area (Å²) in [7, 11) is 1.68. The van der Waals surface area contributed by atoms with Crippen molar-refractivity contribution in [2.75, 3.05) is 7.11 Å². The minimum Gasteiger partial charge on any atom is -0.497 e. The minimum atomic E-state index is 0.224. The van der Waals surface area contributed by atoms with E-state index in [-0.39, 0.29) is 6.04 Å². The number of nitrogens with two attached hydrogens (primary N) is 1. The average molecular weight is 250 g/mol. The molecular formula is C13H18N2OS. The van der Waals surface area contributed by atoms with Crippen LogP contribution < -0.4 is 10.5 Å². The highest BCUT2D eigenvalue weighted by atomic mass is 32.1. The van der Waals surface area contributed by atoms with Crippen molar-refractivity contribution in [3.05, 3.63) is 23.2 Å². The van der Waals surface area contributed by atoms with Crippen molar-refractivity contribution in [3.63, 3.8) is 0 Å². The van der Waals surface area contributed by atoms with Gasteiger partial charge in [-0.05, 0) is 24.6 Å². The second-order valence-electron chi connectivity index (χ2n) is 4.19. The van der Waals surface area contributed by atoms with Crippen molar-refractivity contribution in [3.8, 4) is 5.75 Å². The number of aromatic nitrogens is 1. The third-order valence-corrected chi connectivity index (χ3v) is 3.78. The Bertz CT molecular complexity index is 495. The number of ether oxygens (including phenoxy) is 1. The average Bonchev–Trinajstić information content (AvgIpc) is 2.69. The molecule has 0 fully saturated rings. The molecular weight excluding hydrogens is 232 g/mol. The quantitative estimate of drug-likeness (QED) is 0.887. The van der Waals surface area contributed by atoms with Crippen molar-refractivity contribution >= 4 is 21.6 Å². The van der Waals surface area contributed by atoms with E-state index < -0.39 is 0 Å². The molecule has 2 N–H and O–H groups in total. The molecule has 17 heavy (non-hydrogen) atoms. The van der Waals surface area contributed by atoms with Gasteiger partial charge in [-0.2, -0.15) is 0 Å². The standard InChI is InChI=1S/C13H18N2OS/c1-3-4-9(14)7-13-15-11-6-5-10(16-2)8-12(11)17-13/h5-6,8-9H,3-4,7,14H2,1-2H3. The highest BCUT2D eigenvalue weighted by Crippen LogP contribution is 2.27. The second kappa shape index (κ2) is 5.47. The third kappa shape index (κ3) is 2.96. The van der Waals surface area contributed by atoms with E-state index >= 15 is 0 Å². The van der Waals surface area contributed by atoms with Crippen molar-refractivity contribution in [1.29, 1.82) is 0 Å². The molecule has 0 aliphatic carbocycles. The fourth-order valence-corrected chi connectivity index (χ4v) is 2.95. The molecule has 0 aliphatic heterocycles. The summed E-state index contributed by atoms with van der Waals surface area (Å²) < 4.78 is 6.37. The van der Waals surface area contributed by atoms with Crippen LogP contribution in [0.25, 0.3) is 10.2 Å². The Balaban J connectivity index is 2.19. The van der Waals surface area contributed by atoms with E-state index in [1.54, 1.807) is 18.4 Å². The third-order valence-electron chi connectivity index (χ3n) is 2.74. The molecule has 2 aromatic rings. The van der Waals surface area contributed by atoms with Crippen LogP contribution in [0.3, 0.4) is 0 Å². The largest absolute Gasteiger partial charge is 0.497 e.